The Kier molecular flexibility index (Phi) is 5.20. The topological polar surface area (TPSA) is 36.9 Å². The Bertz CT molecular complexity index is 656. The average molecular weight is 328 g/mol. The molecule has 0 fully saturated rings. The molecule has 0 heterocycles. The molecule has 0 bridgehead atoms. The quantitative estimate of drug-likeness (QED) is 0.797. The van der Waals surface area contributed by atoms with Crippen molar-refractivity contribution in [3.63, 3.8) is 0 Å². The van der Waals surface area contributed by atoms with Crippen molar-refractivity contribution in [2.24, 2.45) is 0 Å². The molecule has 0 amide bonds. The van der Waals surface area contributed by atoms with Gasteiger partial charge in [0.2, 0.25) is 5.75 Å². The van der Waals surface area contributed by atoms with Crippen molar-refractivity contribution >= 4 is 0 Å². The number of para-hydroxylation sites is 1. The Morgan fingerprint density at radius 3 is 2.26 bits per heavy atom. The molecule has 0 aromatic heterocycles. The Morgan fingerprint density at radius 1 is 0.913 bits per heavy atom. The van der Waals surface area contributed by atoms with Crippen molar-refractivity contribution in [2.75, 3.05) is 14.2 Å². The van der Waals surface area contributed by atoms with E-state index in [9.17, 15) is 13.2 Å². The number of hydrogen-bond acceptors (Lipinski definition) is 4. The molecule has 23 heavy (non-hydrogen) atoms. The number of halogens is 3. The lowest BCUT2D eigenvalue weighted by atomic mass is 10.2. The van der Waals surface area contributed by atoms with E-state index in [1.807, 2.05) is 0 Å². The summed E-state index contributed by atoms with van der Waals surface area (Å²) < 4.78 is 56.5. The van der Waals surface area contributed by atoms with Crippen LogP contribution in [0.4, 0.5) is 13.2 Å². The van der Waals surface area contributed by atoms with Crippen LogP contribution in [0.1, 0.15) is 5.56 Å². The van der Waals surface area contributed by atoms with Gasteiger partial charge in [-0.2, -0.15) is 0 Å². The van der Waals surface area contributed by atoms with Gasteiger partial charge in [-0.05, 0) is 29.8 Å². The van der Waals surface area contributed by atoms with Crippen LogP contribution in [-0.2, 0) is 6.61 Å². The molecule has 0 aliphatic carbocycles. The van der Waals surface area contributed by atoms with Crippen molar-refractivity contribution in [1.82, 2.24) is 0 Å². The first kappa shape index (κ1) is 16.8. The van der Waals surface area contributed by atoms with Crippen molar-refractivity contribution in [3.8, 4) is 23.0 Å². The minimum atomic E-state index is -4.73. The fraction of sp³-hybridized carbons (Fsp3) is 0.250. The van der Waals surface area contributed by atoms with Gasteiger partial charge in [-0.25, -0.2) is 0 Å². The van der Waals surface area contributed by atoms with Crippen molar-refractivity contribution in [2.45, 2.75) is 13.0 Å². The third-order valence-corrected chi connectivity index (χ3v) is 2.89. The number of ether oxygens (including phenoxy) is 4. The molecule has 124 valence electrons. The highest BCUT2D eigenvalue weighted by atomic mass is 19.4. The molecule has 2 rings (SSSR count). The fourth-order valence-corrected chi connectivity index (χ4v) is 1.96. The third-order valence-electron chi connectivity index (χ3n) is 2.89. The molecule has 2 aromatic carbocycles. The van der Waals surface area contributed by atoms with Gasteiger partial charge in [-0.1, -0.05) is 18.2 Å². The molecule has 7 heteroatoms. The summed E-state index contributed by atoms with van der Waals surface area (Å²) in [6.07, 6.45) is -4.73. The largest absolute Gasteiger partial charge is 0.573 e. The maximum Gasteiger partial charge on any atom is 0.573 e. The summed E-state index contributed by atoms with van der Waals surface area (Å²) in [6, 6.07) is 10.7. The highest BCUT2D eigenvalue weighted by Gasteiger charge is 2.31. The van der Waals surface area contributed by atoms with E-state index in [1.165, 1.54) is 32.4 Å². The van der Waals surface area contributed by atoms with E-state index < -0.39 is 6.36 Å². The van der Waals surface area contributed by atoms with E-state index in [0.29, 0.717) is 22.8 Å². The zero-order valence-electron chi connectivity index (χ0n) is 12.5. The van der Waals surface area contributed by atoms with Gasteiger partial charge in [-0.15, -0.1) is 13.2 Å². The van der Waals surface area contributed by atoms with Gasteiger partial charge < -0.3 is 18.9 Å². The molecule has 0 saturated carbocycles. The molecule has 4 nitrogen and oxygen atoms in total. The first-order valence-corrected chi connectivity index (χ1v) is 6.61. The standard InChI is InChI=1S/C16H15F3O4/c1-20-13-7-4-8-14(15(13)21-2)22-10-11-5-3-6-12(9-11)23-16(17,18)19/h3-9H,10H2,1-2H3. The molecule has 0 N–H and O–H groups in total. The summed E-state index contributed by atoms with van der Waals surface area (Å²) in [7, 11) is 2.97. The summed E-state index contributed by atoms with van der Waals surface area (Å²) in [6.45, 7) is 0.0542. The zero-order valence-corrected chi connectivity index (χ0v) is 12.5. The second-order valence-corrected chi connectivity index (χ2v) is 4.48. The van der Waals surface area contributed by atoms with Crippen molar-refractivity contribution < 1.29 is 32.1 Å². The smallest absolute Gasteiger partial charge is 0.493 e. The lowest BCUT2D eigenvalue weighted by Crippen LogP contribution is -2.17. The van der Waals surface area contributed by atoms with Crippen LogP contribution in [0, 0.1) is 0 Å². The van der Waals surface area contributed by atoms with Crippen molar-refractivity contribution in [3.05, 3.63) is 48.0 Å². The summed E-state index contributed by atoms with van der Waals surface area (Å²) in [5.41, 5.74) is 0.525. The minimum Gasteiger partial charge on any atom is -0.493 e. The van der Waals surface area contributed by atoms with Crippen molar-refractivity contribution in [1.29, 1.82) is 0 Å². The Balaban J connectivity index is 2.11. The van der Waals surface area contributed by atoms with Crippen LogP contribution >= 0.6 is 0 Å². The average Bonchev–Trinajstić information content (AvgIpc) is 2.51. The Hall–Kier alpha value is -2.57. The fourth-order valence-electron chi connectivity index (χ4n) is 1.96. The Labute approximate surface area is 131 Å². The van der Waals surface area contributed by atoms with Crippen LogP contribution in [-0.4, -0.2) is 20.6 Å². The molecular weight excluding hydrogens is 313 g/mol. The van der Waals surface area contributed by atoms with Crippen LogP contribution in [0.5, 0.6) is 23.0 Å². The predicted octanol–water partition coefficient (Wildman–Crippen LogP) is 4.18. The maximum absolute atomic E-state index is 12.2. The number of alkyl halides is 3. The molecule has 0 aliphatic rings. The van der Waals surface area contributed by atoms with Crippen LogP contribution < -0.4 is 18.9 Å². The second kappa shape index (κ2) is 7.13. The first-order valence-electron chi connectivity index (χ1n) is 6.61. The van der Waals surface area contributed by atoms with Gasteiger partial charge in [0, 0.05) is 0 Å². The van der Waals surface area contributed by atoms with E-state index in [-0.39, 0.29) is 12.4 Å². The minimum absolute atomic E-state index is 0.0542. The van der Waals surface area contributed by atoms with E-state index in [4.69, 9.17) is 14.2 Å². The van der Waals surface area contributed by atoms with Gasteiger partial charge in [0.25, 0.3) is 0 Å². The summed E-state index contributed by atoms with van der Waals surface area (Å²) in [4.78, 5) is 0. The summed E-state index contributed by atoms with van der Waals surface area (Å²) >= 11 is 0. The molecule has 0 aliphatic heterocycles. The zero-order chi connectivity index (χ0) is 16.9. The maximum atomic E-state index is 12.2. The lowest BCUT2D eigenvalue weighted by Gasteiger charge is -2.14. The molecule has 0 radical (unpaired) electrons. The van der Waals surface area contributed by atoms with Gasteiger partial charge in [0.1, 0.15) is 12.4 Å². The van der Waals surface area contributed by atoms with Gasteiger partial charge >= 0.3 is 6.36 Å². The molecule has 0 saturated heterocycles. The van der Waals surface area contributed by atoms with Crippen LogP contribution in [0.2, 0.25) is 0 Å². The van der Waals surface area contributed by atoms with Crippen LogP contribution in [0.3, 0.4) is 0 Å². The molecular formula is C16H15F3O4. The number of hydrogen-bond donors (Lipinski definition) is 0. The van der Waals surface area contributed by atoms with E-state index in [1.54, 1.807) is 24.3 Å². The first-order chi connectivity index (χ1) is 10.9. The summed E-state index contributed by atoms with van der Waals surface area (Å²) in [5, 5.41) is 0. The highest BCUT2D eigenvalue weighted by Crippen LogP contribution is 2.37. The third kappa shape index (κ3) is 4.70. The lowest BCUT2D eigenvalue weighted by molar-refractivity contribution is -0.274. The van der Waals surface area contributed by atoms with Gasteiger partial charge in [0.15, 0.2) is 11.5 Å². The monoisotopic (exact) mass is 328 g/mol. The number of rotatable bonds is 6. The Morgan fingerprint density at radius 2 is 1.61 bits per heavy atom. The molecule has 0 unspecified atom stereocenters. The highest BCUT2D eigenvalue weighted by molar-refractivity contribution is 5.51. The molecule has 0 atom stereocenters. The SMILES string of the molecule is COc1cccc(OCc2cccc(OC(F)(F)F)c2)c1OC. The number of benzene rings is 2. The van der Waals surface area contributed by atoms with Crippen LogP contribution in [0.15, 0.2) is 42.5 Å². The van der Waals surface area contributed by atoms with Gasteiger partial charge in [-0.3, -0.25) is 0 Å². The van der Waals surface area contributed by atoms with E-state index in [2.05, 4.69) is 4.74 Å². The summed E-state index contributed by atoms with van der Waals surface area (Å²) in [5.74, 6) is 1.04. The van der Waals surface area contributed by atoms with E-state index in [0.717, 1.165) is 0 Å². The normalized spacial score (nSPS) is 11.0. The molecule has 2 aromatic rings. The molecule has 0 spiro atoms. The predicted molar refractivity (Wildman–Crippen MR) is 77.0 cm³/mol. The van der Waals surface area contributed by atoms with E-state index >= 15 is 0 Å². The van der Waals surface area contributed by atoms with Gasteiger partial charge in [0.05, 0.1) is 14.2 Å². The van der Waals surface area contributed by atoms with Crippen LogP contribution in [0.25, 0.3) is 0 Å². The second-order valence-electron chi connectivity index (χ2n) is 4.48. The number of methoxy groups -OCH3 is 2.